The highest BCUT2D eigenvalue weighted by molar-refractivity contribution is 7.91. The molecule has 1 amide bonds. The standard InChI is InChI=1S/C19H23N3O5S/c1-11-12(2)21-17-9-14(5-6-16(17)20-11)19(24)27-13(3)18(23)22(4)15-7-8-28(25,26)10-15/h5-6,9,13,15H,7-8,10H2,1-4H3/t13-,15-/m1/s1. The fraction of sp³-hybridized carbons (Fsp3) is 0.474. The summed E-state index contributed by atoms with van der Waals surface area (Å²) in [6, 6.07) is 4.47. The first-order chi connectivity index (χ1) is 13.1. The van der Waals surface area contributed by atoms with Gasteiger partial charge in [0.15, 0.2) is 15.9 Å². The van der Waals surface area contributed by atoms with Crippen molar-refractivity contribution < 1.29 is 22.7 Å². The van der Waals surface area contributed by atoms with Gasteiger partial charge in [0.05, 0.1) is 39.5 Å². The van der Waals surface area contributed by atoms with E-state index in [9.17, 15) is 18.0 Å². The van der Waals surface area contributed by atoms with Crippen molar-refractivity contribution in [2.75, 3.05) is 18.6 Å². The Morgan fingerprint density at radius 1 is 1.18 bits per heavy atom. The average Bonchev–Trinajstić information content (AvgIpc) is 3.00. The maximum atomic E-state index is 12.5. The van der Waals surface area contributed by atoms with E-state index in [0.29, 0.717) is 17.5 Å². The van der Waals surface area contributed by atoms with Gasteiger partial charge in [0.25, 0.3) is 5.91 Å². The van der Waals surface area contributed by atoms with E-state index in [4.69, 9.17) is 4.74 Å². The molecule has 9 heteroatoms. The van der Waals surface area contributed by atoms with E-state index < -0.39 is 27.8 Å². The molecule has 1 aliphatic heterocycles. The minimum absolute atomic E-state index is 0.0575. The zero-order valence-corrected chi connectivity index (χ0v) is 17.1. The van der Waals surface area contributed by atoms with Crippen molar-refractivity contribution >= 4 is 32.7 Å². The predicted octanol–water partition coefficient (Wildman–Crippen LogP) is 1.44. The first-order valence-corrected chi connectivity index (χ1v) is 10.8. The van der Waals surface area contributed by atoms with Crippen LogP contribution in [0.5, 0.6) is 0 Å². The number of amides is 1. The zero-order valence-electron chi connectivity index (χ0n) is 16.3. The van der Waals surface area contributed by atoms with Crippen LogP contribution in [0.2, 0.25) is 0 Å². The molecule has 0 radical (unpaired) electrons. The number of aryl methyl sites for hydroxylation is 2. The highest BCUT2D eigenvalue weighted by atomic mass is 32.2. The summed E-state index contributed by atoms with van der Waals surface area (Å²) in [7, 11) is -1.57. The number of hydrogen-bond donors (Lipinski definition) is 0. The van der Waals surface area contributed by atoms with Gasteiger partial charge in [-0.15, -0.1) is 0 Å². The van der Waals surface area contributed by atoms with Crippen LogP contribution in [0.3, 0.4) is 0 Å². The highest BCUT2D eigenvalue weighted by Crippen LogP contribution is 2.19. The number of fused-ring (bicyclic) bond motifs is 1. The molecule has 28 heavy (non-hydrogen) atoms. The fourth-order valence-corrected chi connectivity index (χ4v) is 4.96. The molecule has 2 atom stereocenters. The molecule has 1 aromatic carbocycles. The van der Waals surface area contributed by atoms with Crippen LogP contribution in [0.1, 0.15) is 35.1 Å². The van der Waals surface area contributed by atoms with Crippen molar-refractivity contribution in [3.05, 3.63) is 35.2 Å². The summed E-state index contributed by atoms with van der Waals surface area (Å²) in [5.74, 6) is -1.06. The number of carbonyl (C=O) groups excluding carboxylic acids is 2. The number of hydrogen-bond acceptors (Lipinski definition) is 7. The van der Waals surface area contributed by atoms with E-state index >= 15 is 0 Å². The molecular weight excluding hydrogens is 382 g/mol. The first kappa shape index (κ1) is 20.2. The summed E-state index contributed by atoms with van der Waals surface area (Å²) < 4.78 is 28.5. The molecule has 2 aromatic rings. The van der Waals surface area contributed by atoms with E-state index in [-0.39, 0.29) is 23.1 Å². The largest absolute Gasteiger partial charge is 0.449 e. The van der Waals surface area contributed by atoms with Crippen LogP contribution in [0, 0.1) is 13.8 Å². The lowest BCUT2D eigenvalue weighted by molar-refractivity contribution is -0.140. The molecule has 1 aliphatic rings. The van der Waals surface area contributed by atoms with Gasteiger partial charge in [-0.3, -0.25) is 4.79 Å². The average molecular weight is 405 g/mol. The number of benzene rings is 1. The highest BCUT2D eigenvalue weighted by Gasteiger charge is 2.35. The summed E-state index contributed by atoms with van der Waals surface area (Å²) in [6.45, 7) is 5.18. The maximum absolute atomic E-state index is 12.5. The van der Waals surface area contributed by atoms with Gasteiger partial charge in [-0.2, -0.15) is 0 Å². The Hall–Kier alpha value is -2.55. The van der Waals surface area contributed by atoms with Gasteiger partial charge in [0.1, 0.15) is 0 Å². The second-order valence-corrected chi connectivity index (χ2v) is 9.38. The van der Waals surface area contributed by atoms with Crippen LogP contribution < -0.4 is 0 Å². The molecule has 0 spiro atoms. The van der Waals surface area contributed by atoms with Crippen LogP contribution in [0.25, 0.3) is 11.0 Å². The number of nitrogens with zero attached hydrogens (tertiary/aromatic N) is 3. The second-order valence-electron chi connectivity index (χ2n) is 7.15. The van der Waals surface area contributed by atoms with Crippen LogP contribution >= 0.6 is 0 Å². The molecule has 1 aromatic heterocycles. The topological polar surface area (TPSA) is 107 Å². The molecule has 3 rings (SSSR count). The number of carbonyl (C=O) groups is 2. The van der Waals surface area contributed by atoms with Crippen molar-refractivity contribution in [1.82, 2.24) is 14.9 Å². The van der Waals surface area contributed by atoms with Crippen LogP contribution in [-0.2, 0) is 19.4 Å². The second kappa shape index (κ2) is 7.46. The minimum atomic E-state index is -3.11. The first-order valence-electron chi connectivity index (χ1n) is 9.00. The maximum Gasteiger partial charge on any atom is 0.338 e. The van der Waals surface area contributed by atoms with Crippen LogP contribution in [-0.4, -0.2) is 65.9 Å². The van der Waals surface area contributed by atoms with E-state index in [1.165, 1.54) is 18.9 Å². The van der Waals surface area contributed by atoms with Crippen LogP contribution in [0.4, 0.5) is 0 Å². The van der Waals surface area contributed by atoms with E-state index in [1.54, 1.807) is 18.2 Å². The lowest BCUT2D eigenvalue weighted by Crippen LogP contribution is -2.44. The van der Waals surface area contributed by atoms with Crippen LogP contribution in [0.15, 0.2) is 18.2 Å². The predicted molar refractivity (Wildman–Crippen MR) is 104 cm³/mol. The van der Waals surface area contributed by atoms with Gasteiger partial charge < -0.3 is 9.64 Å². The third-order valence-electron chi connectivity index (χ3n) is 5.05. The zero-order chi connectivity index (χ0) is 20.6. The van der Waals surface area contributed by atoms with Crippen molar-refractivity contribution in [1.29, 1.82) is 0 Å². The molecule has 1 fully saturated rings. The van der Waals surface area contributed by atoms with Gasteiger partial charge in [0.2, 0.25) is 0 Å². The van der Waals surface area contributed by atoms with E-state index in [2.05, 4.69) is 9.97 Å². The van der Waals surface area contributed by atoms with Crippen molar-refractivity contribution in [2.24, 2.45) is 0 Å². The molecule has 2 heterocycles. The Bertz CT molecular complexity index is 1050. The van der Waals surface area contributed by atoms with Gasteiger partial charge in [0, 0.05) is 13.1 Å². The lowest BCUT2D eigenvalue weighted by atomic mass is 10.1. The van der Waals surface area contributed by atoms with Gasteiger partial charge >= 0.3 is 5.97 Å². The quantitative estimate of drug-likeness (QED) is 0.709. The summed E-state index contributed by atoms with van der Waals surface area (Å²) in [5.41, 5.74) is 3.11. The van der Waals surface area contributed by atoms with Crippen molar-refractivity contribution in [2.45, 2.75) is 39.3 Å². The SMILES string of the molecule is Cc1nc2ccc(C(=O)O[C@H](C)C(=O)N(C)[C@@H]3CCS(=O)(=O)C3)cc2nc1C. The molecule has 1 saturated heterocycles. The van der Waals surface area contributed by atoms with Gasteiger partial charge in [-0.05, 0) is 45.4 Å². The molecular formula is C19H23N3O5S. The monoisotopic (exact) mass is 405 g/mol. The number of aromatic nitrogens is 2. The smallest absolute Gasteiger partial charge is 0.338 e. The summed E-state index contributed by atoms with van der Waals surface area (Å²) in [6.07, 6.45) is -0.629. The lowest BCUT2D eigenvalue weighted by Gasteiger charge is -2.26. The molecule has 0 unspecified atom stereocenters. The fourth-order valence-electron chi connectivity index (χ4n) is 3.18. The Balaban J connectivity index is 1.70. The molecule has 0 saturated carbocycles. The summed E-state index contributed by atoms with van der Waals surface area (Å²) in [4.78, 5) is 35.2. The Labute approximate surface area is 163 Å². The Morgan fingerprint density at radius 2 is 1.82 bits per heavy atom. The summed E-state index contributed by atoms with van der Waals surface area (Å²) in [5, 5.41) is 0. The molecule has 0 N–H and O–H groups in total. The molecule has 0 aliphatic carbocycles. The number of ether oxygens (including phenoxy) is 1. The normalized spacial score (nSPS) is 19.4. The summed E-state index contributed by atoms with van der Waals surface area (Å²) >= 11 is 0. The van der Waals surface area contributed by atoms with Crippen molar-refractivity contribution in [3.8, 4) is 0 Å². The number of likely N-dealkylation sites (N-methyl/N-ethyl adjacent to an activating group) is 1. The minimum Gasteiger partial charge on any atom is -0.449 e. The molecule has 0 bridgehead atoms. The molecule has 150 valence electrons. The number of sulfone groups is 1. The number of rotatable bonds is 4. The van der Waals surface area contributed by atoms with Gasteiger partial charge in [-0.1, -0.05) is 0 Å². The third-order valence-corrected chi connectivity index (χ3v) is 6.80. The Morgan fingerprint density at radius 3 is 2.43 bits per heavy atom. The molecule has 8 nitrogen and oxygen atoms in total. The van der Waals surface area contributed by atoms with Crippen molar-refractivity contribution in [3.63, 3.8) is 0 Å². The Kier molecular flexibility index (Phi) is 5.38. The van der Waals surface area contributed by atoms with E-state index in [0.717, 1.165) is 11.4 Å². The third kappa shape index (κ3) is 4.14. The van der Waals surface area contributed by atoms with E-state index in [1.807, 2.05) is 13.8 Å². The number of esters is 1. The van der Waals surface area contributed by atoms with Gasteiger partial charge in [-0.25, -0.2) is 23.2 Å².